The Hall–Kier alpha value is -3.79. The summed E-state index contributed by atoms with van der Waals surface area (Å²) >= 11 is 6.89. The summed E-state index contributed by atoms with van der Waals surface area (Å²) in [4.78, 5) is 39.2. The first-order valence-corrected chi connectivity index (χ1v) is 15.0. The van der Waals surface area contributed by atoms with E-state index >= 15 is 0 Å². The number of aromatic nitrogens is 2. The zero-order valence-electron chi connectivity index (χ0n) is 23.1. The first kappa shape index (κ1) is 27.4. The molecule has 0 aliphatic carbocycles. The molecular formula is C32H31N5O2S2. The first-order valence-electron chi connectivity index (χ1n) is 13.8. The molecule has 1 atom stereocenters. The average molecular weight is 582 g/mol. The highest BCUT2D eigenvalue weighted by atomic mass is 32.2. The quantitative estimate of drug-likeness (QED) is 0.227. The minimum absolute atomic E-state index is 0.191. The fraction of sp³-hybridized carbons (Fsp3) is 0.250. The van der Waals surface area contributed by atoms with Gasteiger partial charge in [-0.2, -0.15) is 0 Å². The number of benzene rings is 2. The number of thioether (sulfide) groups is 1. The average Bonchev–Trinajstić information content (AvgIpc) is 3.27. The summed E-state index contributed by atoms with van der Waals surface area (Å²) in [6.45, 7) is 7.96. The van der Waals surface area contributed by atoms with Crippen LogP contribution in [-0.2, 0) is 11.3 Å². The van der Waals surface area contributed by atoms with Crippen molar-refractivity contribution in [1.82, 2.24) is 19.2 Å². The van der Waals surface area contributed by atoms with Crippen molar-refractivity contribution in [1.29, 1.82) is 0 Å². The number of anilines is 1. The van der Waals surface area contributed by atoms with E-state index in [9.17, 15) is 9.59 Å². The van der Waals surface area contributed by atoms with E-state index in [1.807, 2.05) is 62.4 Å². The molecule has 4 heterocycles. The Balaban J connectivity index is 1.33. The monoisotopic (exact) mass is 581 g/mol. The number of fused-ring (bicyclic) bond motifs is 1. The van der Waals surface area contributed by atoms with Gasteiger partial charge in [0.1, 0.15) is 15.8 Å². The molecule has 4 aromatic rings. The van der Waals surface area contributed by atoms with Crippen LogP contribution >= 0.6 is 24.0 Å². The summed E-state index contributed by atoms with van der Waals surface area (Å²) in [5.41, 5.74) is 4.05. The molecule has 2 fully saturated rings. The number of amides is 1. The highest BCUT2D eigenvalue weighted by molar-refractivity contribution is 8.26. The molecule has 0 bridgehead atoms. The lowest BCUT2D eigenvalue weighted by atomic mass is 10.1. The topological polar surface area (TPSA) is 61.2 Å². The second-order valence-electron chi connectivity index (χ2n) is 10.5. The number of carbonyl (C=O) groups excluding carboxylic acids is 1. The van der Waals surface area contributed by atoms with Crippen molar-refractivity contribution in [2.24, 2.45) is 0 Å². The molecular weight excluding hydrogens is 551 g/mol. The Morgan fingerprint density at radius 2 is 1.63 bits per heavy atom. The standard InChI is InChI=1S/C32H31N5O2S2/c1-22-13-14-28-33-29(35-17-15-34(16-18-35)21-24-9-5-3-6-10-24)26(30(38)36(28)20-22)19-27-31(39)37(32(40)41-27)23(2)25-11-7-4-8-12-25/h3-14,19-20,23H,15-18,21H2,1-2H3/b27-19+. The summed E-state index contributed by atoms with van der Waals surface area (Å²) in [7, 11) is 0. The maximum absolute atomic E-state index is 13.9. The van der Waals surface area contributed by atoms with Crippen molar-refractivity contribution >= 4 is 51.7 Å². The zero-order valence-corrected chi connectivity index (χ0v) is 24.7. The second-order valence-corrected chi connectivity index (χ2v) is 12.2. The minimum Gasteiger partial charge on any atom is -0.353 e. The number of aryl methyl sites for hydroxylation is 1. The molecule has 9 heteroatoms. The fourth-order valence-corrected chi connectivity index (χ4v) is 6.80. The van der Waals surface area contributed by atoms with E-state index in [1.54, 1.807) is 21.6 Å². The molecule has 41 heavy (non-hydrogen) atoms. The third-order valence-corrected chi connectivity index (χ3v) is 9.00. The van der Waals surface area contributed by atoms with Gasteiger partial charge in [-0.15, -0.1) is 0 Å². The highest BCUT2D eigenvalue weighted by Gasteiger charge is 2.36. The lowest BCUT2D eigenvalue weighted by Gasteiger charge is -2.36. The molecule has 2 aromatic heterocycles. The Labute approximate surface area is 249 Å². The Kier molecular flexibility index (Phi) is 7.75. The maximum atomic E-state index is 13.9. The van der Waals surface area contributed by atoms with Crippen LogP contribution in [0.25, 0.3) is 11.7 Å². The number of nitrogens with zero attached hydrogens (tertiary/aromatic N) is 5. The van der Waals surface area contributed by atoms with Gasteiger partial charge in [-0.1, -0.05) is 90.7 Å². The van der Waals surface area contributed by atoms with Gasteiger partial charge in [0.15, 0.2) is 0 Å². The zero-order chi connectivity index (χ0) is 28.5. The first-order chi connectivity index (χ1) is 19.9. The summed E-state index contributed by atoms with van der Waals surface area (Å²) in [5, 5.41) is 0. The Morgan fingerprint density at radius 3 is 2.34 bits per heavy atom. The Bertz CT molecular complexity index is 1700. The van der Waals surface area contributed by atoms with E-state index in [1.165, 1.54) is 17.3 Å². The number of carbonyl (C=O) groups is 1. The lowest BCUT2D eigenvalue weighted by molar-refractivity contribution is -0.123. The molecule has 1 unspecified atom stereocenters. The van der Waals surface area contributed by atoms with Gasteiger partial charge in [-0.25, -0.2) is 4.98 Å². The van der Waals surface area contributed by atoms with Crippen molar-refractivity contribution in [3.05, 3.63) is 117 Å². The third-order valence-electron chi connectivity index (χ3n) is 7.67. The number of hydrogen-bond donors (Lipinski definition) is 0. The summed E-state index contributed by atoms with van der Waals surface area (Å²) in [6, 6.07) is 23.9. The fourth-order valence-electron chi connectivity index (χ4n) is 5.40. The molecule has 0 saturated carbocycles. The number of rotatable bonds is 6. The van der Waals surface area contributed by atoms with Crippen LogP contribution < -0.4 is 10.5 Å². The van der Waals surface area contributed by atoms with Gasteiger partial charge in [0.25, 0.3) is 11.5 Å². The van der Waals surface area contributed by atoms with Crippen LogP contribution in [0.4, 0.5) is 5.82 Å². The van der Waals surface area contributed by atoms with Crippen LogP contribution in [0.1, 0.15) is 35.2 Å². The second kappa shape index (κ2) is 11.6. The lowest BCUT2D eigenvalue weighted by Crippen LogP contribution is -2.47. The van der Waals surface area contributed by atoms with E-state index in [0.717, 1.165) is 43.9 Å². The maximum Gasteiger partial charge on any atom is 0.267 e. The molecule has 2 aliphatic heterocycles. The largest absolute Gasteiger partial charge is 0.353 e. The number of pyridine rings is 1. The predicted octanol–water partition coefficient (Wildman–Crippen LogP) is 5.29. The smallest absolute Gasteiger partial charge is 0.267 e. The minimum atomic E-state index is -0.217. The van der Waals surface area contributed by atoms with Crippen molar-refractivity contribution < 1.29 is 4.79 Å². The van der Waals surface area contributed by atoms with Gasteiger partial charge < -0.3 is 4.90 Å². The SMILES string of the molecule is Cc1ccc2nc(N3CCN(Cc4ccccc4)CC3)c(/C=C3/SC(=S)N(C(C)c4ccccc4)C3=O)c(=O)n2c1. The van der Waals surface area contributed by atoms with E-state index in [0.29, 0.717) is 26.3 Å². The van der Waals surface area contributed by atoms with Crippen LogP contribution in [0, 0.1) is 6.92 Å². The molecule has 0 spiro atoms. The molecule has 1 amide bonds. The van der Waals surface area contributed by atoms with Gasteiger partial charge in [0.05, 0.1) is 16.5 Å². The van der Waals surface area contributed by atoms with Crippen LogP contribution in [0.15, 0.2) is 88.7 Å². The van der Waals surface area contributed by atoms with Crippen LogP contribution in [0.2, 0.25) is 0 Å². The highest BCUT2D eigenvalue weighted by Crippen LogP contribution is 2.38. The molecule has 2 aromatic carbocycles. The number of thiocarbonyl (C=S) groups is 1. The number of piperazine rings is 1. The van der Waals surface area contributed by atoms with E-state index in [2.05, 4.69) is 34.1 Å². The van der Waals surface area contributed by atoms with Gasteiger partial charge in [0, 0.05) is 38.9 Å². The number of hydrogen-bond acceptors (Lipinski definition) is 7. The van der Waals surface area contributed by atoms with E-state index in [-0.39, 0.29) is 17.5 Å². The van der Waals surface area contributed by atoms with Crippen molar-refractivity contribution in [2.45, 2.75) is 26.4 Å². The van der Waals surface area contributed by atoms with Gasteiger partial charge in [-0.3, -0.25) is 23.8 Å². The Morgan fingerprint density at radius 1 is 0.951 bits per heavy atom. The van der Waals surface area contributed by atoms with Crippen LogP contribution in [-0.4, -0.2) is 55.6 Å². The molecule has 0 radical (unpaired) electrons. The normalized spacial score (nSPS) is 18.0. The van der Waals surface area contributed by atoms with Crippen LogP contribution in [0.3, 0.4) is 0 Å². The summed E-state index contributed by atoms with van der Waals surface area (Å²) in [5.74, 6) is 0.420. The molecule has 7 nitrogen and oxygen atoms in total. The van der Waals surface area contributed by atoms with Crippen molar-refractivity contribution in [3.63, 3.8) is 0 Å². The molecule has 2 saturated heterocycles. The molecule has 6 rings (SSSR count). The van der Waals surface area contributed by atoms with Gasteiger partial charge in [-0.05, 0) is 42.7 Å². The summed E-state index contributed by atoms with van der Waals surface area (Å²) < 4.78 is 2.06. The molecule has 0 N–H and O–H groups in total. The van der Waals surface area contributed by atoms with Crippen molar-refractivity contribution in [2.75, 3.05) is 31.1 Å². The van der Waals surface area contributed by atoms with Crippen LogP contribution in [0.5, 0.6) is 0 Å². The summed E-state index contributed by atoms with van der Waals surface area (Å²) in [6.07, 6.45) is 3.50. The van der Waals surface area contributed by atoms with Gasteiger partial charge >= 0.3 is 0 Å². The third kappa shape index (κ3) is 5.57. The molecule has 208 valence electrons. The molecule has 2 aliphatic rings. The predicted molar refractivity (Wildman–Crippen MR) is 170 cm³/mol. The van der Waals surface area contributed by atoms with E-state index < -0.39 is 0 Å². The van der Waals surface area contributed by atoms with E-state index in [4.69, 9.17) is 17.2 Å². The van der Waals surface area contributed by atoms with Gasteiger partial charge in [0.2, 0.25) is 0 Å². The van der Waals surface area contributed by atoms with Crippen molar-refractivity contribution in [3.8, 4) is 0 Å².